The summed E-state index contributed by atoms with van der Waals surface area (Å²) in [5.41, 5.74) is 4.56. The molecule has 4 aromatic rings. The van der Waals surface area contributed by atoms with E-state index >= 15 is 0 Å². The molecule has 0 unspecified atom stereocenters. The Labute approximate surface area is 190 Å². The van der Waals surface area contributed by atoms with Crippen LogP contribution in [-0.2, 0) is 13.0 Å². The van der Waals surface area contributed by atoms with Gasteiger partial charge < -0.3 is 10.2 Å². The number of hydrogen-bond donors (Lipinski definition) is 1. The van der Waals surface area contributed by atoms with E-state index < -0.39 is 0 Å². The number of anilines is 1. The Bertz CT molecular complexity index is 1290. The van der Waals surface area contributed by atoms with E-state index in [1.54, 1.807) is 28.4 Å². The van der Waals surface area contributed by atoms with Gasteiger partial charge >= 0.3 is 0 Å². The predicted molar refractivity (Wildman–Crippen MR) is 125 cm³/mol. The molecule has 0 fully saturated rings. The highest BCUT2D eigenvalue weighted by Gasteiger charge is 2.24. The van der Waals surface area contributed by atoms with Gasteiger partial charge in [0.1, 0.15) is 0 Å². The van der Waals surface area contributed by atoms with Gasteiger partial charge in [-0.15, -0.1) is 11.3 Å². The minimum atomic E-state index is -0.263. The second-order valence-corrected chi connectivity index (χ2v) is 8.79. The van der Waals surface area contributed by atoms with Crippen LogP contribution in [0.3, 0.4) is 0 Å². The van der Waals surface area contributed by atoms with Crippen molar-refractivity contribution in [1.82, 2.24) is 14.7 Å². The lowest BCUT2D eigenvalue weighted by molar-refractivity contribution is 0.0735. The zero-order valence-electron chi connectivity index (χ0n) is 17.6. The number of rotatable bonds is 4. The van der Waals surface area contributed by atoms with Crippen LogP contribution in [-0.4, -0.2) is 33.0 Å². The topological polar surface area (TPSA) is 67.2 Å². The van der Waals surface area contributed by atoms with Gasteiger partial charge in [0.15, 0.2) is 0 Å². The highest BCUT2D eigenvalue weighted by Crippen LogP contribution is 2.27. The van der Waals surface area contributed by atoms with Crippen LogP contribution < -0.4 is 5.32 Å². The summed E-state index contributed by atoms with van der Waals surface area (Å²) in [6, 6.07) is 17.2. The highest BCUT2D eigenvalue weighted by atomic mass is 32.1. The maximum Gasteiger partial charge on any atom is 0.258 e. The summed E-state index contributed by atoms with van der Waals surface area (Å²) in [6.07, 6.45) is 4.12. The third-order valence-corrected chi connectivity index (χ3v) is 6.80. The molecule has 32 heavy (non-hydrogen) atoms. The maximum absolute atomic E-state index is 13.2. The van der Waals surface area contributed by atoms with Crippen molar-refractivity contribution in [3.05, 3.63) is 99.5 Å². The Morgan fingerprint density at radius 1 is 1.06 bits per heavy atom. The van der Waals surface area contributed by atoms with E-state index in [0.29, 0.717) is 29.9 Å². The number of carbonyl (C=O) groups is 2. The minimum absolute atomic E-state index is 0.00709. The summed E-state index contributed by atoms with van der Waals surface area (Å²) < 4.78 is 1.66. The molecule has 6 nitrogen and oxygen atoms in total. The van der Waals surface area contributed by atoms with Gasteiger partial charge in [-0.3, -0.25) is 9.59 Å². The van der Waals surface area contributed by atoms with Crippen LogP contribution in [0.15, 0.2) is 72.4 Å². The lowest BCUT2D eigenvalue weighted by Gasteiger charge is -2.28. The third-order valence-electron chi connectivity index (χ3n) is 5.77. The lowest BCUT2D eigenvalue weighted by Crippen LogP contribution is -2.35. The van der Waals surface area contributed by atoms with Gasteiger partial charge in [0, 0.05) is 35.4 Å². The van der Waals surface area contributed by atoms with Gasteiger partial charge in [-0.1, -0.05) is 24.3 Å². The smallest absolute Gasteiger partial charge is 0.258 e. The van der Waals surface area contributed by atoms with Crippen LogP contribution in [0, 0.1) is 6.92 Å². The van der Waals surface area contributed by atoms with E-state index in [1.165, 1.54) is 10.4 Å². The Morgan fingerprint density at radius 3 is 2.75 bits per heavy atom. The van der Waals surface area contributed by atoms with E-state index in [2.05, 4.69) is 21.9 Å². The molecule has 0 spiro atoms. The number of fused-ring (bicyclic) bond motifs is 1. The molecule has 0 radical (unpaired) electrons. The van der Waals surface area contributed by atoms with Crippen molar-refractivity contribution >= 4 is 28.8 Å². The predicted octanol–water partition coefficient (Wildman–Crippen LogP) is 4.69. The van der Waals surface area contributed by atoms with Crippen LogP contribution in [0.4, 0.5) is 5.69 Å². The molecule has 1 aliphatic rings. The molecule has 2 aromatic carbocycles. The van der Waals surface area contributed by atoms with Crippen molar-refractivity contribution < 1.29 is 9.59 Å². The minimum Gasteiger partial charge on any atom is -0.334 e. The van der Waals surface area contributed by atoms with Crippen LogP contribution in [0.1, 0.15) is 36.7 Å². The number of para-hydroxylation sites is 1. The zero-order valence-corrected chi connectivity index (χ0v) is 18.4. The molecule has 2 aromatic heterocycles. The van der Waals surface area contributed by atoms with Gasteiger partial charge in [-0.05, 0) is 60.2 Å². The molecular formula is C25H22N4O2S. The summed E-state index contributed by atoms with van der Waals surface area (Å²) in [6.45, 7) is 3.21. The SMILES string of the molecule is Cc1c(NC(=O)c2cnn(-c3ccccc3)c2)cccc1C(=O)N1CCc2sccc2C1. The molecule has 2 amide bonds. The van der Waals surface area contributed by atoms with E-state index in [1.807, 2.05) is 60.4 Å². The summed E-state index contributed by atoms with van der Waals surface area (Å²) >= 11 is 1.75. The molecule has 0 bridgehead atoms. The van der Waals surface area contributed by atoms with Gasteiger partial charge in [0.25, 0.3) is 11.8 Å². The molecule has 7 heteroatoms. The lowest BCUT2D eigenvalue weighted by atomic mass is 10.0. The Morgan fingerprint density at radius 2 is 1.91 bits per heavy atom. The first kappa shape index (κ1) is 20.2. The molecule has 1 N–H and O–H groups in total. The van der Waals surface area contributed by atoms with Crippen LogP contribution in [0.5, 0.6) is 0 Å². The van der Waals surface area contributed by atoms with E-state index in [4.69, 9.17) is 0 Å². The standard InChI is InChI=1S/C25H22N4O2S/c1-17-21(25(31)28-12-10-23-18(15-28)11-13-32-23)8-5-9-22(17)27-24(30)19-14-26-29(16-19)20-6-3-2-4-7-20/h2-9,11,13-14,16H,10,12,15H2,1H3,(H,27,30). The van der Waals surface area contributed by atoms with Crippen molar-refractivity contribution in [2.45, 2.75) is 19.9 Å². The molecule has 1 aliphatic heterocycles. The van der Waals surface area contributed by atoms with Gasteiger partial charge in [0.2, 0.25) is 0 Å². The Kier molecular flexibility index (Phi) is 5.33. The first-order valence-corrected chi connectivity index (χ1v) is 11.3. The molecule has 0 atom stereocenters. The van der Waals surface area contributed by atoms with Gasteiger partial charge in [-0.2, -0.15) is 5.10 Å². The molecule has 160 valence electrons. The van der Waals surface area contributed by atoms with E-state index in [0.717, 1.165) is 17.7 Å². The fourth-order valence-corrected chi connectivity index (χ4v) is 4.84. The van der Waals surface area contributed by atoms with E-state index in [-0.39, 0.29) is 11.8 Å². The summed E-state index contributed by atoms with van der Waals surface area (Å²) in [4.78, 5) is 29.3. The average Bonchev–Trinajstić information content (AvgIpc) is 3.50. The van der Waals surface area contributed by atoms with Crippen LogP contribution in [0.25, 0.3) is 5.69 Å². The third kappa shape index (κ3) is 3.83. The van der Waals surface area contributed by atoms with Crippen LogP contribution >= 0.6 is 11.3 Å². The quantitative estimate of drug-likeness (QED) is 0.498. The average molecular weight is 443 g/mol. The normalized spacial score (nSPS) is 13.0. The number of nitrogens with zero attached hydrogens (tertiary/aromatic N) is 3. The fourth-order valence-electron chi connectivity index (χ4n) is 3.95. The Balaban J connectivity index is 1.33. The van der Waals surface area contributed by atoms with Crippen molar-refractivity contribution in [3.63, 3.8) is 0 Å². The first-order valence-electron chi connectivity index (χ1n) is 10.5. The summed E-state index contributed by atoms with van der Waals surface area (Å²) in [5, 5.41) is 9.31. The summed E-state index contributed by atoms with van der Waals surface area (Å²) in [5.74, 6) is -0.270. The number of benzene rings is 2. The van der Waals surface area contributed by atoms with Crippen molar-refractivity contribution in [2.24, 2.45) is 0 Å². The van der Waals surface area contributed by atoms with E-state index in [9.17, 15) is 9.59 Å². The summed E-state index contributed by atoms with van der Waals surface area (Å²) in [7, 11) is 0. The first-order chi connectivity index (χ1) is 15.6. The molecule has 0 saturated carbocycles. The molecule has 5 rings (SSSR count). The number of carbonyl (C=O) groups excluding carboxylic acids is 2. The number of hydrogen-bond acceptors (Lipinski definition) is 4. The number of nitrogens with one attached hydrogen (secondary N) is 1. The van der Waals surface area contributed by atoms with Crippen molar-refractivity contribution in [3.8, 4) is 5.69 Å². The highest BCUT2D eigenvalue weighted by molar-refractivity contribution is 7.10. The maximum atomic E-state index is 13.2. The number of thiophene rings is 1. The molecule has 3 heterocycles. The van der Waals surface area contributed by atoms with Crippen molar-refractivity contribution in [1.29, 1.82) is 0 Å². The Hall–Kier alpha value is -3.71. The molecule has 0 aliphatic carbocycles. The number of amides is 2. The number of aromatic nitrogens is 2. The monoisotopic (exact) mass is 442 g/mol. The van der Waals surface area contributed by atoms with Crippen LogP contribution in [0.2, 0.25) is 0 Å². The molecular weight excluding hydrogens is 420 g/mol. The zero-order chi connectivity index (χ0) is 22.1. The second kappa shape index (κ2) is 8.43. The fraction of sp³-hybridized carbons (Fsp3) is 0.160. The largest absolute Gasteiger partial charge is 0.334 e. The van der Waals surface area contributed by atoms with Crippen molar-refractivity contribution in [2.75, 3.05) is 11.9 Å². The van der Waals surface area contributed by atoms with Gasteiger partial charge in [-0.25, -0.2) is 4.68 Å². The van der Waals surface area contributed by atoms with Gasteiger partial charge in [0.05, 0.1) is 17.4 Å². The second-order valence-electron chi connectivity index (χ2n) is 7.79. The molecule has 0 saturated heterocycles.